The molecule has 1 aliphatic heterocycles. The molecule has 0 spiro atoms. The lowest BCUT2D eigenvalue weighted by Gasteiger charge is -2.38. The first-order valence-corrected chi connectivity index (χ1v) is 11.4. The zero-order valence-electron chi connectivity index (χ0n) is 19.7. The first-order chi connectivity index (χ1) is 15.7. The molecule has 0 atom stereocenters. The van der Waals surface area contributed by atoms with Crippen molar-refractivity contribution in [3.63, 3.8) is 0 Å². The number of aliphatic imine (C=N–C) groups is 1. The largest absolute Gasteiger partial charge is 0.467 e. The molecule has 1 aliphatic rings. The van der Waals surface area contributed by atoms with Crippen molar-refractivity contribution in [2.75, 3.05) is 37.6 Å². The molecule has 33 heavy (non-hydrogen) atoms. The van der Waals surface area contributed by atoms with E-state index in [1.807, 2.05) is 12.1 Å². The molecule has 3 aromatic rings. The first kappa shape index (κ1) is 25.1. The molecule has 0 unspecified atom stereocenters. The van der Waals surface area contributed by atoms with Gasteiger partial charge in [0.2, 0.25) is 0 Å². The topological polar surface area (TPSA) is 74.7 Å². The molecule has 178 valence electrons. The third kappa shape index (κ3) is 6.27. The van der Waals surface area contributed by atoms with Gasteiger partial charge in [0, 0.05) is 51.4 Å². The number of anilines is 1. The lowest BCUT2D eigenvalue weighted by Crippen LogP contribution is -2.53. The maximum Gasteiger partial charge on any atom is 0.194 e. The molecule has 9 heteroatoms. The van der Waals surface area contributed by atoms with Gasteiger partial charge in [0.05, 0.1) is 6.26 Å². The monoisotopic (exact) mass is 563 g/mol. The van der Waals surface area contributed by atoms with Gasteiger partial charge in [0.25, 0.3) is 0 Å². The Morgan fingerprint density at radius 2 is 1.94 bits per heavy atom. The van der Waals surface area contributed by atoms with Crippen LogP contribution < -0.4 is 10.2 Å². The Morgan fingerprint density at radius 1 is 1.12 bits per heavy atom. The molecule has 0 bridgehead atoms. The highest BCUT2D eigenvalue weighted by molar-refractivity contribution is 14.0. The second-order valence-electron chi connectivity index (χ2n) is 8.13. The fourth-order valence-corrected chi connectivity index (χ4v) is 4.09. The van der Waals surface area contributed by atoms with Crippen molar-refractivity contribution in [1.29, 1.82) is 0 Å². The molecule has 3 heterocycles. The number of aromatic nitrogens is 3. The summed E-state index contributed by atoms with van der Waals surface area (Å²) >= 11 is 0. The molecule has 4 rings (SSSR count). The van der Waals surface area contributed by atoms with Crippen LogP contribution in [0.1, 0.15) is 29.6 Å². The van der Waals surface area contributed by atoms with Crippen LogP contribution in [0.4, 0.5) is 5.69 Å². The molecule has 1 N–H and O–H groups in total. The van der Waals surface area contributed by atoms with Gasteiger partial charge in [0.15, 0.2) is 5.96 Å². The summed E-state index contributed by atoms with van der Waals surface area (Å²) < 4.78 is 7.57. The van der Waals surface area contributed by atoms with Crippen LogP contribution >= 0.6 is 24.0 Å². The molecule has 0 aliphatic carbocycles. The van der Waals surface area contributed by atoms with Crippen LogP contribution in [-0.4, -0.2) is 58.3 Å². The lowest BCUT2D eigenvalue weighted by molar-refractivity contribution is 0.369. The van der Waals surface area contributed by atoms with Crippen LogP contribution in [0, 0.1) is 13.8 Å². The minimum atomic E-state index is 0. The molecule has 1 fully saturated rings. The minimum Gasteiger partial charge on any atom is -0.467 e. The van der Waals surface area contributed by atoms with Crippen molar-refractivity contribution >= 4 is 35.6 Å². The summed E-state index contributed by atoms with van der Waals surface area (Å²) in [7, 11) is 0. The second kappa shape index (κ2) is 12.1. The van der Waals surface area contributed by atoms with Crippen molar-refractivity contribution < 1.29 is 4.42 Å². The van der Waals surface area contributed by atoms with Gasteiger partial charge in [-0.25, -0.2) is 4.99 Å². The molecule has 8 nitrogen and oxygen atoms in total. The quantitative estimate of drug-likeness (QED) is 0.269. The third-order valence-electron chi connectivity index (χ3n) is 6.11. The number of aryl methyl sites for hydroxylation is 2. The van der Waals surface area contributed by atoms with E-state index >= 15 is 0 Å². The zero-order valence-corrected chi connectivity index (χ0v) is 22.0. The number of guanidine groups is 1. The van der Waals surface area contributed by atoms with Crippen molar-refractivity contribution in [2.45, 2.75) is 40.3 Å². The van der Waals surface area contributed by atoms with E-state index < -0.39 is 0 Å². The van der Waals surface area contributed by atoms with Gasteiger partial charge in [-0.1, -0.05) is 19.1 Å². The molecule has 0 amide bonds. The fourth-order valence-electron chi connectivity index (χ4n) is 4.09. The molecule has 2 aromatic heterocycles. The van der Waals surface area contributed by atoms with E-state index in [1.54, 1.807) is 12.6 Å². The van der Waals surface area contributed by atoms with Crippen LogP contribution in [0.15, 0.2) is 52.3 Å². The van der Waals surface area contributed by atoms with Crippen LogP contribution in [0.2, 0.25) is 0 Å². The van der Waals surface area contributed by atoms with Gasteiger partial charge in [-0.15, -0.1) is 34.2 Å². The Hall–Kier alpha value is -2.56. The van der Waals surface area contributed by atoms with Crippen molar-refractivity contribution in [3.05, 3.63) is 65.6 Å². The number of halogens is 1. The summed E-state index contributed by atoms with van der Waals surface area (Å²) in [5.74, 6) is 2.79. The van der Waals surface area contributed by atoms with Gasteiger partial charge in [-0.05, 0) is 43.2 Å². The maximum absolute atomic E-state index is 5.48. The smallest absolute Gasteiger partial charge is 0.194 e. The predicted octanol–water partition coefficient (Wildman–Crippen LogP) is 3.64. The van der Waals surface area contributed by atoms with Crippen LogP contribution in [-0.2, 0) is 19.5 Å². The SMILES string of the molecule is CCc1nncn1CCNC(=NCc1ccco1)N1CCN(c2cccc(C)c2C)CC1.I. The van der Waals surface area contributed by atoms with Crippen LogP contribution in [0.3, 0.4) is 0 Å². The van der Waals surface area contributed by atoms with E-state index in [2.05, 4.69) is 68.9 Å². The number of hydrogen-bond donors (Lipinski definition) is 1. The number of nitrogens with zero attached hydrogens (tertiary/aromatic N) is 6. The van der Waals surface area contributed by atoms with E-state index in [-0.39, 0.29) is 24.0 Å². The van der Waals surface area contributed by atoms with Crippen molar-refractivity contribution in [1.82, 2.24) is 25.0 Å². The minimum absolute atomic E-state index is 0. The number of piperazine rings is 1. The fraction of sp³-hybridized carbons (Fsp3) is 0.458. The molecule has 0 saturated carbocycles. The zero-order chi connectivity index (χ0) is 22.3. The van der Waals surface area contributed by atoms with Gasteiger partial charge in [-0.2, -0.15) is 0 Å². The van der Waals surface area contributed by atoms with E-state index in [0.717, 1.165) is 63.2 Å². The normalized spacial score (nSPS) is 14.3. The molecular weight excluding hydrogens is 529 g/mol. The highest BCUT2D eigenvalue weighted by Crippen LogP contribution is 2.23. The molecule has 1 saturated heterocycles. The lowest BCUT2D eigenvalue weighted by atomic mass is 10.1. The Labute approximate surface area is 213 Å². The van der Waals surface area contributed by atoms with Gasteiger partial charge in [0.1, 0.15) is 24.5 Å². The highest BCUT2D eigenvalue weighted by atomic mass is 127. The summed E-state index contributed by atoms with van der Waals surface area (Å²) in [6.45, 7) is 12.4. The van der Waals surface area contributed by atoms with E-state index in [4.69, 9.17) is 9.41 Å². The number of rotatable bonds is 7. The standard InChI is InChI=1S/C24H33N7O.HI/c1-4-23-28-27-18-31(23)11-10-25-24(26-17-21-8-6-16-32-21)30-14-12-29(13-15-30)22-9-5-7-19(2)20(22)3;/h5-9,16,18H,4,10-15,17H2,1-3H3,(H,25,26);1H. The van der Waals surface area contributed by atoms with E-state index in [9.17, 15) is 0 Å². The average molecular weight is 563 g/mol. The summed E-state index contributed by atoms with van der Waals surface area (Å²) in [5.41, 5.74) is 4.05. The summed E-state index contributed by atoms with van der Waals surface area (Å²) in [5, 5.41) is 11.8. The van der Waals surface area contributed by atoms with Gasteiger partial charge < -0.3 is 24.1 Å². The summed E-state index contributed by atoms with van der Waals surface area (Å²) in [6, 6.07) is 10.4. The third-order valence-corrected chi connectivity index (χ3v) is 6.11. The first-order valence-electron chi connectivity index (χ1n) is 11.4. The predicted molar refractivity (Wildman–Crippen MR) is 142 cm³/mol. The molecule has 0 radical (unpaired) electrons. The molecule has 1 aromatic carbocycles. The van der Waals surface area contributed by atoms with Crippen molar-refractivity contribution in [3.8, 4) is 0 Å². The molecular formula is C24H34IN7O. The van der Waals surface area contributed by atoms with Gasteiger partial charge in [-0.3, -0.25) is 0 Å². The number of furan rings is 1. The maximum atomic E-state index is 5.48. The number of nitrogens with one attached hydrogen (secondary N) is 1. The summed E-state index contributed by atoms with van der Waals surface area (Å²) in [6.07, 6.45) is 4.36. The number of benzene rings is 1. The highest BCUT2D eigenvalue weighted by Gasteiger charge is 2.21. The Bertz CT molecular complexity index is 1020. The summed E-state index contributed by atoms with van der Waals surface area (Å²) in [4.78, 5) is 9.68. The number of hydrogen-bond acceptors (Lipinski definition) is 5. The Kier molecular flexibility index (Phi) is 9.16. The van der Waals surface area contributed by atoms with Crippen LogP contribution in [0.5, 0.6) is 0 Å². The Balaban J connectivity index is 0.00000306. The average Bonchev–Trinajstić information content (AvgIpc) is 3.50. The van der Waals surface area contributed by atoms with E-state index in [0.29, 0.717) is 6.54 Å². The second-order valence-corrected chi connectivity index (χ2v) is 8.13. The Morgan fingerprint density at radius 3 is 2.67 bits per heavy atom. The van der Waals surface area contributed by atoms with Crippen molar-refractivity contribution in [2.24, 2.45) is 4.99 Å². The van der Waals surface area contributed by atoms with Gasteiger partial charge >= 0.3 is 0 Å². The van der Waals surface area contributed by atoms with E-state index in [1.165, 1.54) is 16.8 Å². The van der Waals surface area contributed by atoms with Crippen LogP contribution in [0.25, 0.3) is 0 Å².